The van der Waals surface area contributed by atoms with Crippen LogP contribution in [0, 0.1) is 11.8 Å². The summed E-state index contributed by atoms with van der Waals surface area (Å²) in [6, 6.07) is 12.1. The third kappa shape index (κ3) is 4.16. The molecule has 4 rings (SSSR count). The quantitative estimate of drug-likeness (QED) is 0.442. The maximum absolute atomic E-state index is 12.9. The highest BCUT2D eigenvalue weighted by Crippen LogP contribution is 2.44. The Balaban J connectivity index is 1.48. The first-order valence-corrected chi connectivity index (χ1v) is 11.5. The van der Waals surface area contributed by atoms with Crippen LogP contribution < -0.4 is 10.2 Å². The van der Waals surface area contributed by atoms with Crippen molar-refractivity contribution in [3.05, 3.63) is 59.7 Å². The van der Waals surface area contributed by atoms with Crippen molar-refractivity contribution in [3.8, 4) is 0 Å². The number of hydrogen-bond acceptors (Lipinski definition) is 4. The van der Waals surface area contributed by atoms with Crippen LogP contribution in [-0.2, 0) is 9.59 Å². The SMILES string of the molecule is O=C(O)c1ccc(NC(=O)c2ccc(N3C(=O)[C@@H]4C[C@@H](Br)[C@@H](Br)C[C@H]4C3=O)cc2)cc1. The van der Waals surface area contributed by atoms with Gasteiger partial charge in [-0.2, -0.15) is 0 Å². The molecule has 0 spiro atoms. The number of imide groups is 1. The molecule has 1 heterocycles. The molecule has 2 aliphatic rings. The molecule has 1 saturated heterocycles. The van der Waals surface area contributed by atoms with E-state index in [4.69, 9.17) is 5.11 Å². The normalized spacial score (nSPS) is 25.3. The minimum absolute atomic E-state index is 0.125. The van der Waals surface area contributed by atoms with E-state index in [1.54, 1.807) is 24.3 Å². The van der Waals surface area contributed by atoms with Crippen molar-refractivity contribution in [3.63, 3.8) is 0 Å². The van der Waals surface area contributed by atoms with Crippen molar-refractivity contribution in [2.45, 2.75) is 22.5 Å². The highest BCUT2D eigenvalue weighted by molar-refractivity contribution is 9.12. The lowest BCUT2D eigenvalue weighted by molar-refractivity contribution is -0.122. The van der Waals surface area contributed by atoms with E-state index in [1.165, 1.54) is 29.2 Å². The third-order valence-electron chi connectivity index (χ3n) is 5.69. The lowest BCUT2D eigenvalue weighted by atomic mass is 9.81. The zero-order chi connectivity index (χ0) is 22.3. The second-order valence-corrected chi connectivity index (χ2v) is 9.96. The van der Waals surface area contributed by atoms with Crippen LogP contribution in [0.2, 0.25) is 0 Å². The van der Waals surface area contributed by atoms with Crippen LogP contribution in [0.4, 0.5) is 11.4 Å². The third-order valence-corrected chi connectivity index (χ3v) is 8.42. The number of halogens is 2. The van der Waals surface area contributed by atoms with Gasteiger partial charge in [0, 0.05) is 20.9 Å². The summed E-state index contributed by atoms with van der Waals surface area (Å²) in [5.41, 5.74) is 1.38. The van der Waals surface area contributed by atoms with Gasteiger partial charge in [-0.25, -0.2) is 4.79 Å². The number of nitrogens with zero attached hydrogens (tertiary/aromatic N) is 1. The van der Waals surface area contributed by atoms with Crippen molar-refractivity contribution in [2.75, 3.05) is 10.2 Å². The molecule has 0 radical (unpaired) electrons. The molecule has 9 heteroatoms. The molecular formula is C22H18Br2N2O5. The Morgan fingerprint density at radius 3 is 1.81 bits per heavy atom. The smallest absolute Gasteiger partial charge is 0.335 e. The second-order valence-electron chi connectivity index (χ2n) is 7.61. The van der Waals surface area contributed by atoms with E-state index in [-0.39, 0.29) is 44.8 Å². The standard InChI is InChI=1S/C22H18Br2N2O5/c23-17-9-15-16(10-18(17)24)21(29)26(20(15)28)14-7-3-11(4-8-14)19(27)25-13-5-1-12(2-6-13)22(30)31/h1-8,15-18H,9-10H2,(H,25,27)(H,30,31)/t15-,16-,17-,18+/m1/s1. The van der Waals surface area contributed by atoms with E-state index in [0.29, 0.717) is 29.8 Å². The Hall–Kier alpha value is -2.52. The van der Waals surface area contributed by atoms with Crippen LogP contribution in [-0.4, -0.2) is 38.5 Å². The maximum Gasteiger partial charge on any atom is 0.335 e. The lowest BCUT2D eigenvalue weighted by Crippen LogP contribution is -2.34. The number of rotatable bonds is 4. The molecule has 1 saturated carbocycles. The Morgan fingerprint density at radius 1 is 0.839 bits per heavy atom. The van der Waals surface area contributed by atoms with Crippen LogP contribution in [0.1, 0.15) is 33.6 Å². The fourth-order valence-corrected chi connectivity index (χ4v) is 5.25. The minimum atomic E-state index is -1.04. The highest BCUT2D eigenvalue weighted by Gasteiger charge is 2.52. The Morgan fingerprint density at radius 2 is 1.32 bits per heavy atom. The Kier molecular flexibility index (Phi) is 5.98. The molecule has 160 valence electrons. The number of nitrogens with one attached hydrogen (secondary N) is 1. The van der Waals surface area contributed by atoms with Crippen molar-refractivity contribution >= 4 is 66.9 Å². The van der Waals surface area contributed by atoms with Gasteiger partial charge in [-0.1, -0.05) is 31.9 Å². The number of carbonyl (C=O) groups excluding carboxylic acids is 3. The zero-order valence-corrected chi connectivity index (χ0v) is 19.3. The summed E-state index contributed by atoms with van der Waals surface area (Å²) < 4.78 is 0. The summed E-state index contributed by atoms with van der Waals surface area (Å²) in [6.07, 6.45) is 1.20. The fraction of sp³-hybridized carbons (Fsp3) is 0.273. The molecule has 4 atom stereocenters. The van der Waals surface area contributed by atoms with Gasteiger partial charge in [-0.15, -0.1) is 0 Å². The topological polar surface area (TPSA) is 104 Å². The van der Waals surface area contributed by atoms with Gasteiger partial charge in [0.25, 0.3) is 5.91 Å². The Labute approximate surface area is 195 Å². The molecular weight excluding hydrogens is 532 g/mol. The number of amides is 3. The molecule has 0 unspecified atom stereocenters. The summed E-state index contributed by atoms with van der Waals surface area (Å²) >= 11 is 7.15. The maximum atomic E-state index is 12.9. The molecule has 31 heavy (non-hydrogen) atoms. The summed E-state index contributed by atoms with van der Waals surface area (Å²) in [5.74, 6) is -2.49. The number of carboxylic acids is 1. The second kappa shape index (κ2) is 8.55. The summed E-state index contributed by atoms with van der Waals surface area (Å²) in [5, 5.41) is 11.6. The molecule has 2 aromatic rings. The van der Waals surface area contributed by atoms with Crippen molar-refractivity contribution < 1.29 is 24.3 Å². The van der Waals surface area contributed by atoms with E-state index in [2.05, 4.69) is 37.2 Å². The molecule has 0 aromatic heterocycles. The first kappa shape index (κ1) is 21.7. The molecule has 2 aromatic carbocycles. The largest absolute Gasteiger partial charge is 0.478 e. The van der Waals surface area contributed by atoms with Gasteiger partial charge in [0.15, 0.2) is 0 Å². The van der Waals surface area contributed by atoms with Gasteiger partial charge in [-0.05, 0) is 61.4 Å². The van der Waals surface area contributed by atoms with Gasteiger partial charge in [0.2, 0.25) is 11.8 Å². The van der Waals surface area contributed by atoms with Gasteiger partial charge in [-0.3, -0.25) is 19.3 Å². The summed E-state index contributed by atoms with van der Waals surface area (Å²) in [7, 11) is 0. The zero-order valence-electron chi connectivity index (χ0n) is 16.1. The summed E-state index contributed by atoms with van der Waals surface area (Å²) in [6.45, 7) is 0. The Bertz CT molecular complexity index is 1030. The van der Waals surface area contributed by atoms with E-state index in [1.807, 2.05) is 0 Å². The first-order chi connectivity index (χ1) is 14.8. The number of hydrogen-bond donors (Lipinski definition) is 2. The van der Waals surface area contributed by atoms with Crippen LogP contribution >= 0.6 is 31.9 Å². The van der Waals surface area contributed by atoms with Crippen molar-refractivity contribution in [1.29, 1.82) is 0 Å². The molecule has 2 fully saturated rings. The molecule has 7 nitrogen and oxygen atoms in total. The van der Waals surface area contributed by atoms with Gasteiger partial charge in [0.05, 0.1) is 23.1 Å². The number of fused-ring (bicyclic) bond motifs is 1. The number of carboxylic acid groups (broad SMARTS) is 1. The van der Waals surface area contributed by atoms with Crippen LogP contribution in [0.15, 0.2) is 48.5 Å². The van der Waals surface area contributed by atoms with E-state index >= 15 is 0 Å². The van der Waals surface area contributed by atoms with Crippen LogP contribution in [0.5, 0.6) is 0 Å². The monoisotopic (exact) mass is 548 g/mol. The fourth-order valence-electron chi connectivity index (χ4n) is 4.01. The molecule has 1 aliphatic heterocycles. The van der Waals surface area contributed by atoms with E-state index in [9.17, 15) is 19.2 Å². The van der Waals surface area contributed by atoms with Crippen LogP contribution in [0.25, 0.3) is 0 Å². The molecule has 2 N–H and O–H groups in total. The number of anilines is 2. The van der Waals surface area contributed by atoms with Gasteiger partial charge >= 0.3 is 5.97 Å². The average Bonchev–Trinajstić information content (AvgIpc) is 2.98. The highest BCUT2D eigenvalue weighted by atomic mass is 79.9. The number of benzene rings is 2. The van der Waals surface area contributed by atoms with Gasteiger partial charge < -0.3 is 10.4 Å². The molecule has 0 bridgehead atoms. The lowest BCUT2D eigenvalue weighted by Gasteiger charge is -2.29. The molecule has 1 aliphatic carbocycles. The number of aromatic carboxylic acids is 1. The summed E-state index contributed by atoms with van der Waals surface area (Å²) in [4.78, 5) is 50.7. The van der Waals surface area contributed by atoms with E-state index < -0.39 is 5.97 Å². The number of carbonyl (C=O) groups is 4. The van der Waals surface area contributed by atoms with Crippen molar-refractivity contribution in [2.24, 2.45) is 11.8 Å². The molecule has 3 amide bonds. The number of alkyl halides is 2. The minimum Gasteiger partial charge on any atom is -0.478 e. The van der Waals surface area contributed by atoms with Crippen molar-refractivity contribution in [1.82, 2.24) is 0 Å². The van der Waals surface area contributed by atoms with E-state index in [0.717, 1.165) is 0 Å². The van der Waals surface area contributed by atoms with Gasteiger partial charge in [0.1, 0.15) is 0 Å². The van der Waals surface area contributed by atoms with Crippen LogP contribution in [0.3, 0.4) is 0 Å². The predicted octanol–water partition coefficient (Wildman–Crippen LogP) is 4.06. The average molecular weight is 550 g/mol. The predicted molar refractivity (Wildman–Crippen MR) is 122 cm³/mol. The first-order valence-electron chi connectivity index (χ1n) is 9.67.